The molecule has 2 aromatic carbocycles. The number of para-hydroxylation sites is 1. The van der Waals surface area contributed by atoms with Crippen LogP contribution in [0.25, 0.3) is 0 Å². The maximum absolute atomic E-state index is 12.3. The monoisotopic (exact) mass is 569 g/mol. The number of benzene rings is 2. The zero-order valence-electron chi connectivity index (χ0n) is 24.6. The molecule has 6 rings (SSSR count). The molecule has 220 valence electrons. The number of ketones is 1. The Morgan fingerprint density at radius 1 is 1.02 bits per heavy atom. The molecule has 2 fully saturated rings. The SMILES string of the molecule is COC[C@]1(OC)CCC2C3CCC4=CC(=O)CCC4=C3[C@@H](c3ccc(/C=N/OC(=O)Oc4ccccc4)cc3)C[C@@]21C. The summed E-state index contributed by atoms with van der Waals surface area (Å²) < 4.78 is 17.2. The van der Waals surface area contributed by atoms with Crippen molar-refractivity contribution in [3.05, 3.63) is 88.5 Å². The molecule has 0 bridgehead atoms. The van der Waals surface area contributed by atoms with Gasteiger partial charge in [0.1, 0.15) is 5.75 Å². The lowest BCUT2D eigenvalue weighted by molar-refractivity contribution is -0.149. The van der Waals surface area contributed by atoms with Gasteiger partial charge in [0.05, 0.1) is 18.4 Å². The molecule has 42 heavy (non-hydrogen) atoms. The van der Waals surface area contributed by atoms with E-state index in [2.05, 4.69) is 24.2 Å². The topological polar surface area (TPSA) is 83.4 Å². The first-order valence-electron chi connectivity index (χ1n) is 15.0. The molecule has 2 aromatic rings. The second-order valence-corrected chi connectivity index (χ2v) is 12.3. The third-order valence-corrected chi connectivity index (χ3v) is 10.4. The summed E-state index contributed by atoms with van der Waals surface area (Å²) in [7, 11) is 3.61. The summed E-state index contributed by atoms with van der Waals surface area (Å²) in [6.45, 7) is 3.01. The van der Waals surface area contributed by atoms with Crippen LogP contribution in [0.15, 0.2) is 82.5 Å². The van der Waals surface area contributed by atoms with E-state index >= 15 is 0 Å². The van der Waals surface area contributed by atoms with Gasteiger partial charge in [-0.15, -0.1) is 0 Å². The maximum atomic E-state index is 12.3. The van der Waals surface area contributed by atoms with E-state index in [1.165, 1.54) is 22.9 Å². The second kappa shape index (κ2) is 11.6. The van der Waals surface area contributed by atoms with Gasteiger partial charge in [-0.2, -0.15) is 0 Å². The average Bonchev–Trinajstić information content (AvgIpc) is 3.29. The fraction of sp³-hybridized carbons (Fsp3) is 0.457. The summed E-state index contributed by atoms with van der Waals surface area (Å²) in [4.78, 5) is 29.2. The highest BCUT2D eigenvalue weighted by atomic mass is 16.8. The van der Waals surface area contributed by atoms with E-state index in [4.69, 9.17) is 19.0 Å². The first-order valence-corrected chi connectivity index (χ1v) is 15.0. The van der Waals surface area contributed by atoms with Crippen LogP contribution >= 0.6 is 0 Å². The Hall–Kier alpha value is -3.55. The Morgan fingerprint density at radius 2 is 1.81 bits per heavy atom. The number of carbonyl (C=O) groups is 2. The average molecular weight is 570 g/mol. The maximum Gasteiger partial charge on any atom is 0.540 e. The van der Waals surface area contributed by atoms with Crippen LogP contribution in [0, 0.1) is 17.3 Å². The Bertz CT molecular complexity index is 1430. The van der Waals surface area contributed by atoms with Crippen molar-refractivity contribution < 1.29 is 28.6 Å². The summed E-state index contributed by atoms with van der Waals surface area (Å²) in [5, 5.41) is 3.83. The molecule has 0 saturated heterocycles. The van der Waals surface area contributed by atoms with Gasteiger partial charge in [-0.3, -0.25) is 9.63 Å². The zero-order chi connectivity index (χ0) is 29.3. The lowest BCUT2D eigenvalue weighted by Crippen LogP contribution is -2.54. The molecule has 0 aliphatic heterocycles. The van der Waals surface area contributed by atoms with Crippen LogP contribution in [0.4, 0.5) is 4.79 Å². The molecular formula is C35H39NO6. The Labute approximate surface area is 247 Å². The predicted octanol–water partition coefficient (Wildman–Crippen LogP) is 7.17. The van der Waals surface area contributed by atoms with Gasteiger partial charge in [0.25, 0.3) is 0 Å². The predicted molar refractivity (Wildman–Crippen MR) is 159 cm³/mol. The first-order chi connectivity index (χ1) is 20.4. The minimum absolute atomic E-state index is 0.0457. The Balaban J connectivity index is 1.29. The lowest BCUT2D eigenvalue weighted by atomic mass is 9.51. The Morgan fingerprint density at radius 3 is 2.55 bits per heavy atom. The van der Waals surface area contributed by atoms with E-state index < -0.39 is 6.16 Å². The number of hydrogen-bond acceptors (Lipinski definition) is 7. The van der Waals surface area contributed by atoms with Crippen LogP contribution in [0.1, 0.15) is 68.9 Å². The number of nitrogens with zero attached hydrogens (tertiary/aromatic N) is 1. The molecule has 0 amide bonds. The fourth-order valence-corrected chi connectivity index (χ4v) is 8.45. The van der Waals surface area contributed by atoms with Crippen molar-refractivity contribution >= 4 is 18.2 Å². The second-order valence-electron chi connectivity index (χ2n) is 12.3. The van der Waals surface area contributed by atoms with Crippen molar-refractivity contribution in [2.45, 2.75) is 63.4 Å². The van der Waals surface area contributed by atoms with E-state index in [0.29, 0.717) is 30.6 Å². The van der Waals surface area contributed by atoms with E-state index in [-0.39, 0.29) is 22.7 Å². The van der Waals surface area contributed by atoms with Crippen LogP contribution in [0.2, 0.25) is 0 Å². The van der Waals surface area contributed by atoms with Crippen LogP contribution < -0.4 is 4.74 Å². The summed E-state index contributed by atoms with van der Waals surface area (Å²) in [5.41, 5.74) is 5.92. The molecular weight excluding hydrogens is 530 g/mol. The third-order valence-electron chi connectivity index (χ3n) is 10.4. The standard InChI is InChI=1S/C35H39NO6/c1-34-20-30(24-11-9-23(10-12-24)21-36-42-33(38)41-27-7-5-4-6-8-27)32-28-16-14-26(37)19-25(28)13-15-29(32)31(34)17-18-35(34,40-3)22-39-2/h4-12,19,21,29-31H,13-18,20,22H2,1-3H3/b36-21+/t29?,30-,31?,34+,35-/m1/s1. The lowest BCUT2D eigenvalue weighted by Gasteiger charge is -2.55. The highest BCUT2D eigenvalue weighted by Crippen LogP contribution is 2.67. The van der Waals surface area contributed by atoms with Crippen LogP contribution in [0.3, 0.4) is 0 Å². The number of hydrogen-bond donors (Lipinski definition) is 0. The molecule has 0 radical (unpaired) electrons. The van der Waals surface area contributed by atoms with Gasteiger partial charge in [-0.05, 0) is 90.8 Å². The van der Waals surface area contributed by atoms with Gasteiger partial charge in [0, 0.05) is 32.0 Å². The zero-order valence-corrected chi connectivity index (χ0v) is 24.6. The molecule has 7 nitrogen and oxygen atoms in total. The molecule has 2 unspecified atom stereocenters. The molecule has 0 N–H and O–H groups in total. The van der Waals surface area contributed by atoms with Crippen molar-refractivity contribution in [1.82, 2.24) is 0 Å². The largest absolute Gasteiger partial charge is 0.540 e. The molecule has 4 aliphatic carbocycles. The van der Waals surface area contributed by atoms with Gasteiger partial charge in [-0.1, -0.05) is 60.1 Å². The van der Waals surface area contributed by atoms with Crippen LogP contribution in [0.5, 0.6) is 5.75 Å². The van der Waals surface area contributed by atoms with Gasteiger partial charge in [0.2, 0.25) is 0 Å². The molecule has 5 atom stereocenters. The van der Waals surface area contributed by atoms with E-state index in [1.54, 1.807) is 36.9 Å². The number of rotatable bonds is 7. The fourth-order valence-electron chi connectivity index (χ4n) is 8.45. The first kappa shape index (κ1) is 28.6. The number of ether oxygens (including phenoxy) is 3. The third kappa shape index (κ3) is 5.03. The summed E-state index contributed by atoms with van der Waals surface area (Å²) >= 11 is 0. The van der Waals surface area contributed by atoms with Crippen molar-refractivity contribution in [3.8, 4) is 5.75 Å². The smallest absolute Gasteiger partial charge is 0.393 e. The quantitative estimate of drug-likeness (QED) is 0.116. The van der Waals surface area contributed by atoms with Gasteiger partial charge < -0.3 is 14.2 Å². The number of methoxy groups -OCH3 is 2. The summed E-state index contributed by atoms with van der Waals surface area (Å²) in [6.07, 6.45) is 9.10. The van der Waals surface area contributed by atoms with Crippen LogP contribution in [-0.4, -0.2) is 44.6 Å². The molecule has 0 aromatic heterocycles. The molecule has 2 saturated carbocycles. The van der Waals surface area contributed by atoms with Crippen molar-refractivity contribution in [2.24, 2.45) is 22.4 Å². The van der Waals surface area contributed by atoms with E-state index in [9.17, 15) is 9.59 Å². The summed E-state index contributed by atoms with van der Waals surface area (Å²) in [6, 6.07) is 17.1. The van der Waals surface area contributed by atoms with Crippen molar-refractivity contribution in [3.63, 3.8) is 0 Å². The minimum Gasteiger partial charge on any atom is -0.393 e. The number of oxime groups is 1. The number of fused-ring (bicyclic) bond motifs is 4. The van der Waals surface area contributed by atoms with E-state index in [1.807, 2.05) is 31.4 Å². The number of carbonyl (C=O) groups excluding carboxylic acids is 2. The normalized spacial score (nSPS) is 30.4. The Kier molecular flexibility index (Phi) is 7.90. The van der Waals surface area contributed by atoms with Crippen molar-refractivity contribution in [1.29, 1.82) is 0 Å². The van der Waals surface area contributed by atoms with Gasteiger partial charge in [-0.25, -0.2) is 4.79 Å². The number of allylic oxidation sites excluding steroid dienone is 4. The highest BCUT2D eigenvalue weighted by molar-refractivity contribution is 5.93. The highest BCUT2D eigenvalue weighted by Gasteiger charge is 2.63. The molecule has 0 spiro atoms. The van der Waals surface area contributed by atoms with E-state index in [0.717, 1.165) is 44.1 Å². The minimum atomic E-state index is -0.889. The van der Waals surface area contributed by atoms with Crippen molar-refractivity contribution in [2.75, 3.05) is 20.8 Å². The molecule has 4 aliphatic rings. The summed E-state index contributed by atoms with van der Waals surface area (Å²) in [5.74, 6) is 1.85. The molecule has 0 heterocycles. The van der Waals surface area contributed by atoms with Gasteiger partial charge in [0.15, 0.2) is 5.78 Å². The van der Waals surface area contributed by atoms with Gasteiger partial charge >= 0.3 is 6.16 Å². The molecule has 7 heteroatoms. The van der Waals surface area contributed by atoms with Crippen LogP contribution in [-0.2, 0) is 19.1 Å².